The van der Waals surface area contributed by atoms with E-state index in [0.717, 1.165) is 4.57 Å². The second-order valence-electron chi connectivity index (χ2n) is 5.86. The van der Waals surface area contributed by atoms with Crippen molar-refractivity contribution in [3.05, 3.63) is 32.1 Å². The molecule has 18 nitrogen and oxygen atoms in total. The van der Waals surface area contributed by atoms with Crippen molar-refractivity contribution in [1.82, 2.24) is 9.55 Å². The molecular weight excluding hydrogens is 543 g/mol. The molecule has 0 aliphatic carbocycles. The molecule has 7 N–H and O–H groups in total. The quantitative estimate of drug-likeness (QED) is 0.0729. The summed E-state index contributed by atoms with van der Waals surface area (Å²) < 4.78 is 52.0. The third kappa shape index (κ3) is 6.82. The van der Waals surface area contributed by atoms with E-state index in [4.69, 9.17) is 49.4 Å². The van der Waals surface area contributed by atoms with Crippen LogP contribution in [0.25, 0.3) is 10.4 Å². The zero-order valence-electron chi connectivity index (χ0n) is 15.1. The number of nitrogens with one attached hydrogen (secondary N) is 1. The van der Waals surface area contributed by atoms with E-state index in [-0.39, 0.29) is 9.41 Å². The van der Waals surface area contributed by atoms with Crippen LogP contribution in [0.4, 0.5) is 0 Å². The maximum absolute atomic E-state index is 11.9. The van der Waals surface area contributed by atoms with E-state index < -0.39 is 54.2 Å². The molecule has 32 heavy (non-hydrogen) atoms. The normalized spacial score (nSPS) is 29.6. The molecule has 2 rings (SSSR count). The first kappa shape index (κ1) is 27.4. The van der Waals surface area contributed by atoms with Crippen molar-refractivity contribution in [2.45, 2.75) is 24.2 Å². The summed E-state index contributed by atoms with van der Waals surface area (Å²) in [6, 6.07) is 1.34. The van der Waals surface area contributed by atoms with Gasteiger partial charge < -0.3 is 39.5 Å². The predicted octanol–water partition coefficient (Wildman–Crippen LogP) is 0.876. The lowest BCUT2D eigenvalue weighted by molar-refractivity contribution is -0.122. The van der Waals surface area contributed by atoms with Crippen LogP contribution in [0.5, 0.6) is 0 Å². The van der Waals surface area contributed by atoms with Gasteiger partial charge in [-0.1, -0.05) is 17.3 Å². The molecule has 1 aromatic heterocycles. The number of hydrogen-bond acceptors (Lipinski definition) is 12. The number of phosphoric ester groups is 1. The molecule has 0 saturated carbocycles. The molecule has 180 valence electrons. The Morgan fingerprint density at radius 3 is 2.38 bits per heavy atom. The average molecular weight is 557 g/mol. The lowest BCUT2D eigenvalue weighted by atomic mass is 10.1. The minimum absolute atomic E-state index is 0.0848. The zero-order chi connectivity index (χ0) is 24.5. The van der Waals surface area contributed by atoms with Crippen LogP contribution in [0.1, 0.15) is 6.23 Å². The second-order valence-corrected chi connectivity index (χ2v) is 11.1. The number of phosphoric acid groups is 3. The van der Waals surface area contributed by atoms with Gasteiger partial charge >= 0.3 is 23.5 Å². The number of ether oxygens (including phenoxy) is 1. The van der Waals surface area contributed by atoms with E-state index in [9.17, 15) is 28.8 Å². The predicted molar refractivity (Wildman–Crippen MR) is 104 cm³/mol. The van der Waals surface area contributed by atoms with Crippen LogP contribution < -0.4 is 0 Å². The van der Waals surface area contributed by atoms with E-state index in [1.807, 2.05) is 0 Å². The van der Waals surface area contributed by atoms with Crippen LogP contribution in [-0.2, 0) is 31.6 Å². The maximum atomic E-state index is 11.9. The van der Waals surface area contributed by atoms with Gasteiger partial charge in [-0.15, -0.1) is 0 Å². The Balaban J connectivity index is 2.28. The molecule has 0 radical (unpaired) electrons. The highest BCUT2D eigenvalue weighted by atomic mass is 32.1. The van der Waals surface area contributed by atoms with Gasteiger partial charge in [0.15, 0.2) is 11.0 Å². The summed E-state index contributed by atoms with van der Waals surface area (Å²) in [7, 11) is -17.1. The molecule has 1 aliphatic heterocycles. The fourth-order valence-corrected chi connectivity index (χ4v) is 5.94. The highest BCUT2D eigenvalue weighted by Gasteiger charge is 2.56. The monoisotopic (exact) mass is 557 g/mol. The summed E-state index contributed by atoms with van der Waals surface area (Å²) in [6.45, 7) is -1.36. The van der Waals surface area contributed by atoms with Crippen molar-refractivity contribution in [2.75, 3.05) is 6.61 Å². The van der Waals surface area contributed by atoms with Gasteiger partial charge in [0, 0.05) is 11.1 Å². The van der Waals surface area contributed by atoms with Crippen molar-refractivity contribution in [3.63, 3.8) is 0 Å². The van der Waals surface area contributed by atoms with Gasteiger partial charge in [0.05, 0.1) is 6.61 Å². The molecule has 0 spiro atoms. The van der Waals surface area contributed by atoms with E-state index in [1.165, 1.54) is 12.3 Å². The smallest absolute Gasteiger partial charge is 0.387 e. The molecule has 23 heteroatoms. The molecule has 1 saturated heterocycles. The van der Waals surface area contributed by atoms with Crippen LogP contribution in [0, 0.1) is 9.41 Å². The van der Waals surface area contributed by atoms with Crippen LogP contribution in [-0.4, -0.2) is 63.9 Å². The fraction of sp³-hybridized carbons (Fsp3) is 0.556. The lowest BCUT2D eigenvalue weighted by Crippen LogP contribution is -2.44. The Bertz CT molecular complexity index is 1180. The van der Waals surface area contributed by atoms with Gasteiger partial charge in [-0.2, -0.15) is 8.62 Å². The molecule has 0 aromatic carbocycles. The summed E-state index contributed by atoms with van der Waals surface area (Å²) in [5, 5.41) is 23.8. The Labute approximate surface area is 187 Å². The van der Waals surface area contributed by atoms with E-state index in [0.29, 0.717) is 0 Å². The molecule has 1 aromatic rings. The molecule has 0 bridgehead atoms. The SMILES string of the molecule is [N-]=[N+]=N[C@]1(COP(=O)(O)OP(=O)(O)OP(=O)(O)O)O[C@@H](n2ccc(=S)[nH]c2=S)[C@@H](O)C1O. The Morgan fingerprint density at radius 1 is 1.22 bits per heavy atom. The van der Waals surface area contributed by atoms with Gasteiger partial charge in [-0.3, -0.25) is 9.09 Å². The summed E-state index contributed by atoms with van der Waals surface area (Å²) in [5.41, 5.74) is 6.22. The van der Waals surface area contributed by atoms with Crippen LogP contribution in [0.15, 0.2) is 17.4 Å². The topological polar surface area (TPSA) is 279 Å². The summed E-state index contributed by atoms with van der Waals surface area (Å²) >= 11 is 9.91. The average Bonchev–Trinajstić information content (AvgIpc) is 2.83. The van der Waals surface area contributed by atoms with Crippen molar-refractivity contribution in [3.8, 4) is 0 Å². The van der Waals surface area contributed by atoms with Crippen LogP contribution in [0.3, 0.4) is 0 Å². The third-order valence-electron chi connectivity index (χ3n) is 3.59. The number of azide groups is 1. The third-order valence-corrected chi connectivity index (χ3v) is 7.93. The van der Waals surface area contributed by atoms with Gasteiger partial charge in [0.1, 0.15) is 16.8 Å². The summed E-state index contributed by atoms with van der Waals surface area (Å²) in [5.74, 6) is 0. The van der Waals surface area contributed by atoms with Crippen molar-refractivity contribution in [2.24, 2.45) is 5.11 Å². The van der Waals surface area contributed by atoms with E-state index in [2.05, 4.69) is 28.2 Å². The van der Waals surface area contributed by atoms with E-state index >= 15 is 0 Å². The Morgan fingerprint density at radius 2 is 1.84 bits per heavy atom. The minimum atomic E-state index is -5.82. The van der Waals surface area contributed by atoms with Crippen molar-refractivity contribution in [1.29, 1.82) is 0 Å². The first-order valence-electron chi connectivity index (χ1n) is 7.71. The molecule has 6 atom stereocenters. The Kier molecular flexibility index (Phi) is 8.36. The highest BCUT2D eigenvalue weighted by Crippen LogP contribution is 2.66. The number of H-pyrrole nitrogens is 1. The summed E-state index contributed by atoms with van der Waals surface area (Å²) in [6.07, 6.45) is -4.21. The molecule has 0 amide bonds. The molecule has 3 unspecified atom stereocenters. The number of aromatic nitrogens is 2. The fourth-order valence-electron chi connectivity index (χ4n) is 2.40. The second kappa shape index (κ2) is 9.77. The minimum Gasteiger partial charge on any atom is -0.387 e. The van der Waals surface area contributed by atoms with Crippen molar-refractivity contribution < 1.29 is 61.4 Å². The number of aliphatic hydroxyl groups excluding tert-OH is 2. The first-order valence-corrected chi connectivity index (χ1v) is 13.0. The van der Waals surface area contributed by atoms with Gasteiger partial charge in [-0.25, -0.2) is 13.7 Å². The van der Waals surface area contributed by atoms with Crippen molar-refractivity contribution >= 4 is 47.9 Å². The first-order chi connectivity index (χ1) is 14.5. The van der Waals surface area contributed by atoms with Gasteiger partial charge in [-0.05, 0) is 23.8 Å². The molecule has 1 fully saturated rings. The lowest BCUT2D eigenvalue weighted by Gasteiger charge is -2.27. The summed E-state index contributed by atoms with van der Waals surface area (Å²) in [4.78, 5) is 40.7. The van der Waals surface area contributed by atoms with Crippen LogP contribution in [0.2, 0.25) is 0 Å². The van der Waals surface area contributed by atoms with Gasteiger partial charge in [0.2, 0.25) is 5.72 Å². The number of hydrogen-bond donors (Lipinski definition) is 7. The van der Waals surface area contributed by atoms with Crippen LogP contribution >= 0.6 is 47.9 Å². The van der Waals surface area contributed by atoms with Gasteiger partial charge in [0.25, 0.3) is 0 Å². The van der Waals surface area contributed by atoms with E-state index in [1.54, 1.807) is 0 Å². The largest absolute Gasteiger partial charge is 0.490 e. The maximum Gasteiger partial charge on any atom is 0.490 e. The number of nitrogens with zero attached hydrogens (tertiary/aromatic N) is 4. The standard InChI is InChI=1S/C9H14N5O13P3S2/c10-13-12-9(3-24-29(20,21)27-30(22,23)26-28(17,18)19)6(16)5(15)7(25-9)14-2-1-4(31)11-8(14)32/h1-2,5-7,15-16H,3H2,(H,20,21)(H,22,23)(H,11,31,32)(H2,17,18,19)/t5-,6?,7+,9+/m0/s1. The molecular formula is C9H14N5O13P3S2. The number of aliphatic hydroxyl groups is 2. The Hall–Kier alpha value is -0.880. The highest BCUT2D eigenvalue weighted by molar-refractivity contribution is 7.72. The molecule has 1 aliphatic rings. The number of rotatable bonds is 9. The zero-order valence-corrected chi connectivity index (χ0v) is 19.4. The number of aromatic amines is 1. The molecule has 2 heterocycles.